The van der Waals surface area contributed by atoms with Crippen molar-refractivity contribution in [2.24, 2.45) is 0 Å². The summed E-state index contributed by atoms with van der Waals surface area (Å²) in [5.74, 6) is 0.363. The maximum absolute atomic E-state index is 13.6. The number of halogens is 1. The Bertz CT molecular complexity index is 1500. The molecule has 0 saturated heterocycles. The fourth-order valence-electron chi connectivity index (χ4n) is 4.10. The summed E-state index contributed by atoms with van der Waals surface area (Å²) in [5, 5.41) is 0.473. The molecule has 3 heterocycles. The quantitative estimate of drug-likeness (QED) is 0.424. The monoisotopic (exact) mass is 415 g/mol. The molecule has 7 heteroatoms. The van der Waals surface area contributed by atoms with E-state index in [1.54, 1.807) is 16.7 Å². The van der Waals surface area contributed by atoms with Gasteiger partial charge in [0.1, 0.15) is 22.5 Å². The summed E-state index contributed by atoms with van der Waals surface area (Å²) in [4.78, 5) is 28.1. The van der Waals surface area contributed by atoms with Gasteiger partial charge in [-0.25, -0.2) is 19.3 Å². The zero-order valence-corrected chi connectivity index (χ0v) is 17.6. The molecule has 1 unspecified atom stereocenters. The standard InChI is InChI=1S/C24H22FN5O/c1-4-14(2)30-15(3)26-22-20(24(30)31)21-23(28-19-8-6-5-7-18(19)27-21)29(22)13-16-9-11-17(25)12-10-16/h5-12,14H,4,13H2,1-3H3. The van der Waals surface area contributed by atoms with Gasteiger partial charge in [-0.2, -0.15) is 0 Å². The van der Waals surface area contributed by atoms with Crippen molar-refractivity contribution in [3.05, 3.63) is 76.1 Å². The van der Waals surface area contributed by atoms with E-state index in [-0.39, 0.29) is 17.4 Å². The van der Waals surface area contributed by atoms with Crippen LogP contribution in [0.15, 0.2) is 53.3 Å². The third kappa shape index (κ3) is 3.08. The van der Waals surface area contributed by atoms with Crippen LogP contribution in [-0.2, 0) is 6.54 Å². The van der Waals surface area contributed by atoms with Crippen molar-refractivity contribution in [1.29, 1.82) is 0 Å². The van der Waals surface area contributed by atoms with Crippen molar-refractivity contribution in [2.45, 2.75) is 39.8 Å². The van der Waals surface area contributed by atoms with Crippen LogP contribution in [-0.4, -0.2) is 24.1 Å². The number of fused-ring (bicyclic) bond motifs is 4. The summed E-state index contributed by atoms with van der Waals surface area (Å²) in [7, 11) is 0. The number of aryl methyl sites for hydroxylation is 1. The summed E-state index contributed by atoms with van der Waals surface area (Å²) in [6, 6.07) is 13.9. The third-order valence-electron chi connectivity index (χ3n) is 5.86. The smallest absolute Gasteiger partial charge is 0.265 e. The van der Waals surface area contributed by atoms with Crippen LogP contribution in [0.3, 0.4) is 0 Å². The first-order valence-electron chi connectivity index (χ1n) is 10.4. The van der Waals surface area contributed by atoms with E-state index in [2.05, 4.69) is 0 Å². The van der Waals surface area contributed by atoms with Crippen LogP contribution in [0.4, 0.5) is 4.39 Å². The zero-order valence-electron chi connectivity index (χ0n) is 17.6. The number of hydrogen-bond donors (Lipinski definition) is 0. The fourth-order valence-corrected chi connectivity index (χ4v) is 4.10. The topological polar surface area (TPSA) is 65.6 Å². The second kappa shape index (κ2) is 7.27. The van der Waals surface area contributed by atoms with Gasteiger partial charge in [-0.05, 0) is 50.1 Å². The summed E-state index contributed by atoms with van der Waals surface area (Å²) >= 11 is 0. The normalized spacial score (nSPS) is 12.8. The molecule has 0 amide bonds. The predicted octanol–water partition coefficient (Wildman–Crippen LogP) is 4.76. The number of aromatic nitrogens is 5. The molecule has 0 spiro atoms. The highest BCUT2D eigenvalue weighted by atomic mass is 19.1. The lowest BCUT2D eigenvalue weighted by atomic mass is 10.2. The lowest BCUT2D eigenvalue weighted by Gasteiger charge is -2.16. The van der Waals surface area contributed by atoms with Crippen molar-refractivity contribution >= 4 is 33.2 Å². The van der Waals surface area contributed by atoms with Crippen molar-refractivity contribution in [3.63, 3.8) is 0 Å². The zero-order chi connectivity index (χ0) is 21.7. The first-order valence-corrected chi connectivity index (χ1v) is 10.4. The molecule has 5 aromatic rings. The van der Waals surface area contributed by atoms with Crippen LogP contribution >= 0.6 is 0 Å². The molecule has 3 aromatic heterocycles. The Kier molecular flexibility index (Phi) is 4.54. The van der Waals surface area contributed by atoms with Gasteiger partial charge in [-0.15, -0.1) is 0 Å². The van der Waals surface area contributed by atoms with Gasteiger partial charge < -0.3 is 4.57 Å². The number of benzene rings is 2. The summed E-state index contributed by atoms with van der Waals surface area (Å²) in [5.41, 5.74) is 3.96. The second-order valence-corrected chi connectivity index (χ2v) is 7.89. The maximum Gasteiger partial charge on any atom is 0.265 e. The highest BCUT2D eigenvalue weighted by Crippen LogP contribution is 2.27. The molecule has 0 aliphatic carbocycles. The summed E-state index contributed by atoms with van der Waals surface area (Å²) < 4.78 is 17.1. The molecule has 0 fully saturated rings. The molecule has 1 atom stereocenters. The first-order chi connectivity index (χ1) is 15.0. The third-order valence-corrected chi connectivity index (χ3v) is 5.86. The molecule has 2 aromatic carbocycles. The van der Waals surface area contributed by atoms with E-state index >= 15 is 0 Å². The number of nitrogens with zero attached hydrogens (tertiary/aromatic N) is 5. The average molecular weight is 415 g/mol. The van der Waals surface area contributed by atoms with Crippen LogP contribution in [0, 0.1) is 12.7 Å². The van der Waals surface area contributed by atoms with E-state index in [1.807, 2.05) is 49.6 Å². The van der Waals surface area contributed by atoms with Gasteiger partial charge >= 0.3 is 0 Å². The lowest BCUT2D eigenvalue weighted by molar-refractivity contribution is 0.496. The first kappa shape index (κ1) is 19.4. The van der Waals surface area contributed by atoms with E-state index in [9.17, 15) is 9.18 Å². The van der Waals surface area contributed by atoms with Gasteiger partial charge in [0.05, 0.1) is 17.6 Å². The molecule has 0 aliphatic heterocycles. The summed E-state index contributed by atoms with van der Waals surface area (Å²) in [6.07, 6.45) is 0.816. The van der Waals surface area contributed by atoms with Crippen LogP contribution < -0.4 is 5.56 Å². The Hall–Kier alpha value is -3.61. The molecule has 0 radical (unpaired) electrons. The van der Waals surface area contributed by atoms with Gasteiger partial charge in [-0.1, -0.05) is 31.2 Å². The van der Waals surface area contributed by atoms with Crippen molar-refractivity contribution in [1.82, 2.24) is 24.1 Å². The molecule has 5 rings (SSSR count). The Morgan fingerprint density at radius 2 is 1.65 bits per heavy atom. The molecule has 6 nitrogen and oxygen atoms in total. The van der Waals surface area contributed by atoms with Crippen LogP contribution in [0.1, 0.15) is 37.7 Å². The van der Waals surface area contributed by atoms with E-state index in [0.29, 0.717) is 34.6 Å². The van der Waals surface area contributed by atoms with Crippen LogP contribution in [0.25, 0.3) is 33.2 Å². The van der Waals surface area contributed by atoms with Gasteiger partial charge in [0.15, 0.2) is 11.3 Å². The Labute approximate surface area is 178 Å². The Morgan fingerprint density at radius 1 is 0.968 bits per heavy atom. The number of hydrogen-bond acceptors (Lipinski definition) is 4. The van der Waals surface area contributed by atoms with Gasteiger partial charge in [0.2, 0.25) is 0 Å². The average Bonchev–Trinajstić information content (AvgIpc) is 3.05. The van der Waals surface area contributed by atoms with Crippen LogP contribution in [0.2, 0.25) is 0 Å². The molecule has 0 N–H and O–H groups in total. The molecular formula is C24H22FN5O. The predicted molar refractivity (Wildman–Crippen MR) is 120 cm³/mol. The SMILES string of the molecule is CCC(C)n1c(C)nc2c(c1=O)c1nc3ccccc3nc1n2Cc1ccc(F)cc1. The van der Waals surface area contributed by atoms with Gasteiger partial charge in [-0.3, -0.25) is 9.36 Å². The lowest BCUT2D eigenvalue weighted by Crippen LogP contribution is -2.26. The minimum absolute atomic E-state index is 0.0216. The molecule has 31 heavy (non-hydrogen) atoms. The Balaban J connectivity index is 1.89. The number of para-hydroxylation sites is 2. The van der Waals surface area contributed by atoms with Crippen molar-refractivity contribution in [2.75, 3.05) is 0 Å². The molecule has 0 saturated carbocycles. The minimum Gasteiger partial charge on any atom is -0.304 e. The molecular weight excluding hydrogens is 393 g/mol. The highest BCUT2D eigenvalue weighted by Gasteiger charge is 2.22. The van der Waals surface area contributed by atoms with E-state index < -0.39 is 0 Å². The van der Waals surface area contributed by atoms with Crippen molar-refractivity contribution < 1.29 is 4.39 Å². The second-order valence-electron chi connectivity index (χ2n) is 7.89. The molecule has 0 bridgehead atoms. The van der Waals surface area contributed by atoms with Gasteiger partial charge in [0.25, 0.3) is 5.56 Å². The number of rotatable bonds is 4. The van der Waals surface area contributed by atoms with Crippen molar-refractivity contribution in [3.8, 4) is 0 Å². The Morgan fingerprint density at radius 3 is 2.32 bits per heavy atom. The minimum atomic E-state index is -0.290. The van der Waals surface area contributed by atoms with E-state index in [4.69, 9.17) is 15.0 Å². The molecule has 156 valence electrons. The van der Waals surface area contributed by atoms with Crippen LogP contribution in [0.5, 0.6) is 0 Å². The largest absolute Gasteiger partial charge is 0.304 e. The van der Waals surface area contributed by atoms with Gasteiger partial charge in [0, 0.05) is 6.04 Å². The highest BCUT2D eigenvalue weighted by molar-refractivity contribution is 6.04. The molecule has 0 aliphatic rings. The fraction of sp³-hybridized carbons (Fsp3) is 0.250. The maximum atomic E-state index is 13.6. The summed E-state index contributed by atoms with van der Waals surface area (Å²) in [6.45, 7) is 6.32. The van der Waals surface area contributed by atoms with E-state index in [0.717, 1.165) is 23.0 Å². The van der Waals surface area contributed by atoms with E-state index in [1.165, 1.54) is 12.1 Å².